The standard InChI is InChI=1S/C27H29N3O6/c1-33-23-6-4-3-5-22(23)29-26(31)18-36-24-12-7-19(17-25(24)34-2)27(32)28-20-8-10-21(11-9-20)30-13-15-35-16-14-30/h3-12,17H,13-16,18H2,1-2H3,(H,28,32)(H,29,31). The fraction of sp³-hybridized carbons (Fsp3) is 0.259. The van der Waals surface area contributed by atoms with Crippen molar-refractivity contribution < 1.29 is 28.5 Å². The molecule has 1 heterocycles. The van der Waals surface area contributed by atoms with E-state index in [4.69, 9.17) is 18.9 Å². The third-order valence-corrected chi connectivity index (χ3v) is 5.67. The predicted molar refractivity (Wildman–Crippen MR) is 138 cm³/mol. The predicted octanol–water partition coefficient (Wildman–Crippen LogP) is 3.81. The lowest BCUT2D eigenvalue weighted by Gasteiger charge is -2.28. The van der Waals surface area contributed by atoms with Crippen LogP contribution in [0.5, 0.6) is 17.2 Å². The summed E-state index contributed by atoms with van der Waals surface area (Å²) in [6.45, 7) is 2.89. The Balaban J connectivity index is 1.35. The number of carbonyl (C=O) groups is 2. The van der Waals surface area contributed by atoms with Crippen molar-refractivity contribution in [1.29, 1.82) is 0 Å². The van der Waals surface area contributed by atoms with Crippen LogP contribution in [0.1, 0.15) is 10.4 Å². The van der Waals surface area contributed by atoms with Crippen molar-refractivity contribution in [2.24, 2.45) is 0 Å². The Morgan fingerprint density at radius 2 is 1.58 bits per heavy atom. The van der Waals surface area contributed by atoms with Crippen LogP contribution in [-0.2, 0) is 9.53 Å². The summed E-state index contributed by atoms with van der Waals surface area (Å²) < 4.78 is 21.6. The Labute approximate surface area is 209 Å². The van der Waals surface area contributed by atoms with Gasteiger partial charge in [-0.05, 0) is 54.6 Å². The van der Waals surface area contributed by atoms with Gasteiger partial charge in [0.05, 0.1) is 33.1 Å². The number of ether oxygens (including phenoxy) is 4. The summed E-state index contributed by atoms with van der Waals surface area (Å²) >= 11 is 0. The summed E-state index contributed by atoms with van der Waals surface area (Å²) in [6.07, 6.45) is 0. The van der Waals surface area contributed by atoms with Gasteiger partial charge in [0.2, 0.25) is 0 Å². The van der Waals surface area contributed by atoms with E-state index in [0.717, 1.165) is 18.8 Å². The number of amides is 2. The smallest absolute Gasteiger partial charge is 0.262 e. The molecule has 3 aromatic carbocycles. The molecule has 2 N–H and O–H groups in total. The van der Waals surface area contributed by atoms with Crippen molar-refractivity contribution in [3.05, 3.63) is 72.3 Å². The third kappa shape index (κ3) is 6.25. The maximum Gasteiger partial charge on any atom is 0.262 e. The third-order valence-electron chi connectivity index (χ3n) is 5.67. The molecule has 9 heteroatoms. The molecule has 1 aliphatic rings. The molecule has 188 valence electrons. The highest BCUT2D eigenvalue weighted by Gasteiger charge is 2.15. The van der Waals surface area contributed by atoms with E-state index in [0.29, 0.717) is 47.4 Å². The van der Waals surface area contributed by atoms with Gasteiger partial charge in [-0.2, -0.15) is 0 Å². The molecular weight excluding hydrogens is 462 g/mol. The van der Waals surface area contributed by atoms with Crippen LogP contribution in [0.25, 0.3) is 0 Å². The molecule has 0 bridgehead atoms. The van der Waals surface area contributed by atoms with Gasteiger partial charge in [0.1, 0.15) is 5.75 Å². The molecular formula is C27H29N3O6. The van der Waals surface area contributed by atoms with Gasteiger partial charge in [0.15, 0.2) is 18.1 Å². The largest absolute Gasteiger partial charge is 0.495 e. The van der Waals surface area contributed by atoms with E-state index in [1.54, 1.807) is 36.4 Å². The van der Waals surface area contributed by atoms with Gasteiger partial charge < -0.3 is 34.5 Å². The number of rotatable bonds is 9. The highest BCUT2D eigenvalue weighted by Crippen LogP contribution is 2.29. The van der Waals surface area contributed by atoms with Crippen LogP contribution in [0.3, 0.4) is 0 Å². The number of nitrogens with zero attached hydrogens (tertiary/aromatic N) is 1. The van der Waals surface area contributed by atoms with Crippen molar-refractivity contribution in [3.8, 4) is 17.2 Å². The van der Waals surface area contributed by atoms with Crippen molar-refractivity contribution in [3.63, 3.8) is 0 Å². The number of para-hydroxylation sites is 2. The second-order valence-corrected chi connectivity index (χ2v) is 8.00. The number of morpholine rings is 1. The van der Waals surface area contributed by atoms with Crippen molar-refractivity contribution in [2.45, 2.75) is 0 Å². The van der Waals surface area contributed by atoms with Crippen LogP contribution >= 0.6 is 0 Å². The Morgan fingerprint density at radius 1 is 0.861 bits per heavy atom. The molecule has 0 spiro atoms. The molecule has 36 heavy (non-hydrogen) atoms. The minimum atomic E-state index is -0.358. The Hall–Kier alpha value is -4.24. The lowest BCUT2D eigenvalue weighted by Crippen LogP contribution is -2.36. The van der Waals surface area contributed by atoms with Crippen LogP contribution in [0.2, 0.25) is 0 Å². The minimum Gasteiger partial charge on any atom is -0.495 e. The average Bonchev–Trinajstić information content (AvgIpc) is 2.93. The van der Waals surface area contributed by atoms with Crippen molar-refractivity contribution in [1.82, 2.24) is 0 Å². The SMILES string of the molecule is COc1ccccc1NC(=O)COc1ccc(C(=O)Nc2ccc(N3CCOCC3)cc2)cc1OC. The first-order valence-electron chi connectivity index (χ1n) is 11.5. The molecule has 0 atom stereocenters. The Kier molecular flexibility index (Phi) is 8.25. The van der Waals surface area contributed by atoms with Crippen LogP contribution < -0.4 is 29.7 Å². The molecule has 3 aromatic rings. The Bertz CT molecular complexity index is 1190. The first-order chi connectivity index (χ1) is 17.6. The zero-order valence-corrected chi connectivity index (χ0v) is 20.3. The second-order valence-electron chi connectivity index (χ2n) is 8.00. The van der Waals surface area contributed by atoms with Gasteiger partial charge in [0, 0.05) is 30.0 Å². The lowest BCUT2D eigenvalue weighted by atomic mass is 10.1. The molecule has 1 fully saturated rings. The lowest BCUT2D eigenvalue weighted by molar-refractivity contribution is -0.118. The van der Waals surface area contributed by atoms with E-state index in [-0.39, 0.29) is 18.4 Å². The van der Waals surface area contributed by atoms with Gasteiger partial charge in [-0.15, -0.1) is 0 Å². The van der Waals surface area contributed by atoms with Crippen LogP contribution in [0.4, 0.5) is 17.1 Å². The van der Waals surface area contributed by atoms with Gasteiger partial charge in [-0.25, -0.2) is 0 Å². The van der Waals surface area contributed by atoms with Crippen molar-refractivity contribution >= 4 is 28.9 Å². The van der Waals surface area contributed by atoms with Gasteiger partial charge in [-0.1, -0.05) is 12.1 Å². The number of hydrogen-bond donors (Lipinski definition) is 2. The number of methoxy groups -OCH3 is 2. The molecule has 0 aliphatic carbocycles. The first kappa shape index (κ1) is 24.9. The fourth-order valence-electron chi connectivity index (χ4n) is 3.79. The molecule has 1 saturated heterocycles. The van der Waals surface area contributed by atoms with Gasteiger partial charge >= 0.3 is 0 Å². The fourth-order valence-corrected chi connectivity index (χ4v) is 3.79. The maximum atomic E-state index is 12.8. The first-order valence-corrected chi connectivity index (χ1v) is 11.5. The summed E-state index contributed by atoms with van der Waals surface area (Å²) in [5, 5.41) is 5.64. The summed E-state index contributed by atoms with van der Waals surface area (Å²) in [5.41, 5.74) is 2.72. The number of nitrogens with one attached hydrogen (secondary N) is 2. The van der Waals surface area contributed by atoms with E-state index in [9.17, 15) is 9.59 Å². The highest BCUT2D eigenvalue weighted by atomic mass is 16.5. The normalized spacial score (nSPS) is 13.0. The van der Waals surface area contributed by atoms with Crippen LogP contribution in [0, 0.1) is 0 Å². The van der Waals surface area contributed by atoms with E-state index in [1.165, 1.54) is 14.2 Å². The number of anilines is 3. The topological polar surface area (TPSA) is 98.4 Å². The van der Waals surface area contributed by atoms with E-state index >= 15 is 0 Å². The van der Waals surface area contributed by atoms with Crippen LogP contribution in [0.15, 0.2) is 66.7 Å². The molecule has 0 aromatic heterocycles. The van der Waals surface area contributed by atoms with Crippen LogP contribution in [-0.4, -0.2) is 58.9 Å². The maximum absolute atomic E-state index is 12.8. The summed E-state index contributed by atoms with van der Waals surface area (Å²) in [7, 11) is 3.01. The molecule has 0 radical (unpaired) electrons. The number of hydrogen-bond acceptors (Lipinski definition) is 7. The molecule has 9 nitrogen and oxygen atoms in total. The van der Waals surface area contributed by atoms with Gasteiger partial charge in [-0.3, -0.25) is 9.59 Å². The highest BCUT2D eigenvalue weighted by molar-refractivity contribution is 6.04. The number of carbonyl (C=O) groups excluding carboxylic acids is 2. The zero-order chi connectivity index (χ0) is 25.3. The van der Waals surface area contributed by atoms with E-state index < -0.39 is 0 Å². The molecule has 4 rings (SSSR count). The average molecular weight is 492 g/mol. The molecule has 0 saturated carbocycles. The van der Waals surface area contributed by atoms with Gasteiger partial charge in [0.25, 0.3) is 11.8 Å². The zero-order valence-electron chi connectivity index (χ0n) is 20.3. The summed E-state index contributed by atoms with van der Waals surface area (Å²) in [5.74, 6) is 0.598. The summed E-state index contributed by atoms with van der Waals surface area (Å²) in [6, 6.07) is 19.6. The second kappa shape index (κ2) is 11.9. The minimum absolute atomic E-state index is 0.241. The molecule has 0 unspecified atom stereocenters. The Morgan fingerprint density at radius 3 is 2.31 bits per heavy atom. The van der Waals surface area contributed by atoms with E-state index in [2.05, 4.69) is 15.5 Å². The molecule has 2 amide bonds. The van der Waals surface area contributed by atoms with Crippen molar-refractivity contribution in [2.75, 3.05) is 62.7 Å². The monoisotopic (exact) mass is 491 g/mol. The summed E-state index contributed by atoms with van der Waals surface area (Å²) in [4.78, 5) is 27.4. The molecule has 1 aliphatic heterocycles. The van der Waals surface area contributed by atoms with E-state index in [1.807, 2.05) is 30.3 Å². The number of benzene rings is 3. The quantitative estimate of drug-likeness (QED) is 0.470.